The molecule has 1 heterocycles. The first kappa shape index (κ1) is 13.9. The Balaban J connectivity index is 1.91. The van der Waals surface area contributed by atoms with Gasteiger partial charge in [0.15, 0.2) is 0 Å². The summed E-state index contributed by atoms with van der Waals surface area (Å²) >= 11 is 0. The highest BCUT2D eigenvalue weighted by Crippen LogP contribution is 2.28. The summed E-state index contributed by atoms with van der Waals surface area (Å²) in [6.07, 6.45) is 2.40. The molecule has 3 aromatic rings. The van der Waals surface area contributed by atoms with Crippen molar-refractivity contribution in [1.29, 1.82) is 0 Å². The Kier molecular flexibility index (Phi) is 3.80. The van der Waals surface area contributed by atoms with E-state index in [2.05, 4.69) is 31.0 Å². The Hall–Kier alpha value is -2.06. The highest BCUT2D eigenvalue weighted by molar-refractivity contribution is 5.83. The van der Waals surface area contributed by atoms with Crippen LogP contribution in [0.5, 0.6) is 0 Å². The van der Waals surface area contributed by atoms with Gasteiger partial charge >= 0.3 is 0 Å². The van der Waals surface area contributed by atoms with Gasteiger partial charge in [-0.15, -0.1) is 0 Å². The van der Waals surface area contributed by atoms with Gasteiger partial charge in [0.1, 0.15) is 6.10 Å². The number of aromatic nitrogens is 1. The number of H-pyrrole nitrogens is 1. The highest BCUT2D eigenvalue weighted by atomic mass is 16.3. The van der Waals surface area contributed by atoms with Gasteiger partial charge in [0.25, 0.3) is 0 Å². The second-order valence-electron chi connectivity index (χ2n) is 6.03. The van der Waals surface area contributed by atoms with Crippen LogP contribution in [0, 0.1) is 5.92 Å². The number of benzene rings is 2. The summed E-state index contributed by atoms with van der Waals surface area (Å²) in [5, 5.41) is 11.7. The van der Waals surface area contributed by atoms with Gasteiger partial charge in [-0.2, -0.15) is 0 Å². The van der Waals surface area contributed by atoms with E-state index < -0.39 is 6.10 Å². The molecule has 108 valence electrons. The lowest BCUT2D eigenvalue weighted by Gasteiger charge is -2.14. The fourth-order valence-electron chi connectivity index (χ4n) is 2.84. The molecule has 0 spiro atoms. The smallest absolute Gasteiger partial charge is 0.105 e. The first-order chi connectivity index (χ1) is 10.1. The number of hydrogen-bond donors (Lipinski definition) is 2. The standard InChI is InChI=1S/C19H21NO/c1-13(2)12-14-6-8-15(9-7-14)19(21)17-4-3-5-18-16(17)10-11-20-18/h3-11,13,19-21H,12H2,1-2H3. The molecule has 0 amide bonds. The van der Waals surface area contributed by atoms with E-state index in [9.17, 15) is 5.11 Å². The first-order valence-electron chi connectivity index (χ1n) is 7.48. The van der Waals surface area contributed by atoms with Crippen molar-refractivity contribution in [1.82, 2.24) is 4.98 Å². The van der Waals surface area contributed by atoms with E-state index in [4.69, 9.17) is 0 Å². The van der Waals surface area contributed by atoms with Gasteiger partial charge in [0.05, 0.1) is 0 Å². The molecule has 2 nitrogen and oxygen atoms in total. The van der Waals surface area contributed by atoms with Crippen LogP contribution in [0.4, 0.5) is 0 Å². The van der Waals surface area contributed by atoms with E-state index >= 15 is 0 Å². The molecule has 1 unspecified atom stereocenters. The lowest BCUT2D eigenvalue weighted by molar-refractivity contribution is 0.222. The van der Waals surface area contributed by atoms with E-state index in [-0.39, 0.29) is 0 Å². The molecule has 2 N–H and O–H groups in total. The number of aliphatic hydroxyl groups excluding tert-OH is 1. The molecule has 0 saturated heterocycles. The summed E-state index contributed by atoms with van der Waals surface area (Å²) in [6.45, 7) is 4.44. The van der Waals surface area contributed by atoms with E-state index in [1.807, 2.05) is 42.6 Å². The van der Waals surface area contributed by atoms with Crippen molar-refractivity contribution in [2.45, 2.75) is 26.4 Å². The van der Waals surface area contributed by atoms with E-state index in [1.165, 1.54) is 5.56 Å². The summed E-state index contributed by atoms with van der Waals surface area (Å²) in [6, 6.07) is 16.3. The Morgan fingerprint density at radius 1 is 1.00 bits per heavy atom. The van der Waals surface area contributed by atoms with E-state index in [0.717, 1.165) is 28.5 Å². The fraction of sp³-hybridized carbons (Fsp3) is 0.263. The predicted octanol–water partition coefficient (Wildman–Crippen LogP) is 4.45. The van der Waals surface area contributed by atoms with Crippen LogP contribution in [-0.2, 0) is 6.42 Å². The minimum absolute atomic E-state index is 0.586. The van der Waals surface area contributed by atoms with Gasteiger partial charge in [-0.05, 0) is 41.2 Å². The van der Waals surface area contributed by atoms with Gasteiger partial charge < -0.3 is 10.1 Å². The largest absolute Gasteiger partial charge is 0.384 e. The molecule has 21 heavy (non-hydrogen) atoms. The normalized spacial score (nSPS) is 13.0. The second-order valence-corrected chi connectivity index (χ2v) is 6.03. The zero-order valence-electron chi connectivity index (χ0n) is 12.5. The Bertz CT molecular complexity index is 725. The maximum atomic E-state index is 10.7. The average Bonchev–Trinajstić information content (AvgIpc) is 2.95. The quantitative estimate of drug-likeness (QED) is 0.727. The van der Waals surface area contributed by atoms with E-state index in [1.54, 1.807) is 0 Å². The van der Waals surface area contributed by atoms with Gasteiger partial charge in [0, 0.05) is 17.1 Å². The molecule has 0 aliphatic carbocycles. The molecule has 2 aromatic carbocycles. The molecule has 0 aliphatic heterocycles. The zero-order valence-corrected chi connectivity index (χ0v) is 12.5. The summed E-state index contributed by atoms with van der Waals surface area (Å²) in [7, 11) is 0. The molecule has 1 atom stereocenters. The van der Waals surface area contributed by atoms with Gasteiger partial charge in [0.2, 0.25) is 0 Å². The lowest BCUT2D eigenvalue weighted by atomic mass is 9.96. The van der Waals surface area contributed by atoms with E-state index in [0.29, 0.717) is 5.92 Å². The van der Waals surface area contributed by atoms with Gasteiger partial charge in [-0.3, -0.25) is 0 Å². The molecule has 0 radical (unpaired) electrons. The molecule has 0 bridgehead atoms. The highest BCUT2D eigenvalue weighted by Gasteiger charge is 2.13. The van der Waals surface area contributed by atoms with Crippen molar-refractivity contribution in [3.63, 3.8) is 0 Å². The number of aromatic amines is 1. The van der Waals surface area contributed by atoms with Crippen LogP contribution in [0.15, 0.2) is 54.7 Å². The Morgan fingerprint density at radius 2 is 1.76 bits per heavy atom. The topological polar surface area (TPSA) is 36.0 Å². The maximum absolute atomic E-state index is 10.7. The second kappa shape index (κ2) is 5.74. The van der Waals surface area contributed by atoms with Crippen molar-refractivity contribution >= 4 is 10.9 Å². The SMILES string of the molecule is CC(C)Cc1ccc(C(O)c2cccc3[nH]ccc23)cc1. The van der Waals surface area contributed by atoms with Crippen molar-refractivity contribution < 1.29 is 5.11 Å². The van der Waals surface area contributed by atoms with Gasteiger partial charge in [-0.25, -0.2) is 0 Å². The van der Waals surface area contributed by atoms with Crippen molar-refractivity contribution in [2.24, 2.45) is 5.92 Å². The number of hydrogen-bond acceptors (Lipinski definition) is 1. The van der Waals surface area contributed by atoms with Crippen LogP contribution in [0.25, 0.3) is 10.9 Å². The molecule has 2 heteroatoms. The van der Waals surface area contributed by atoms with Crippen molar-refractivity contribution in [3.8, 4) is 0 Å². The summed E-state index contributed by atoms with van der Waals surface area (Å²) < 4.78 is 0. The number of aliphatic hydroxyl groups is 1. The third-order valence-electron chi connectivity index (χ3n) is 3.86. The van der Waals surface area contributed by atoms with Gasteiger partial charge in [-0.1, -0.05) is 50.2 Å². The molecule has 0 saturated carbocycles. The van der Waals surface area contributed by atoms with Crippen LogP contribution < -0.4 is 0 Å². The zero-order chi connectivity index (χ0) is 14.8. The maximum Gasteiger partial charge on any atom is 0.105 e. The van der Waals surface area contributed by atoms with Crippen LogP contribution >= 0.6 is 0 Å². The third-order valence-corrected chi connectivity index (χ3v) is 3.86. The number of nitrogens with one attached hydrogen (secondary N) is 1. The predicted molar refractivity (Wildman–Crippen MR) is 87.3 cm³/mol. The summed E-state index contributed by atoms with van der Waals surface area (Å²) in [4.78, 5) is 3.19. The Morgan fingerprint density at radius 3 is 2.48 bits per heavy atom. The third kappa shape index (κ3) is 2.86. The van der Waals surface area contributed by atoms with Crippen LogP contribution in [0.3, 0.4) is 0 Å². The lowest BCUT2D eigenvalue weighted by Crippen LogP contribution is -2.01. The first-order valence-corrected chi connectivity index (χ1v) is 7.48. The van der Waals surface area contributed by atoms with Crippen LogP contribution in [0.2, 0.25) is 0 Å². The molecule has 3 rings (SSSR count). The number of fused-ring (bicyclic) bond motifs is 1. The van der Waals surface area contributed by atoms with Crippen LogP contribution in [0.1, 0.15) is 36.6 Å². The van der Waals surface area contributed by atoms with Crippen molar-refractivity contribution in [2.75, 3.05) is 0 Å². The summed E-state index contributed by atoms with van der Waals surface area (Å²) in [5.41, 5.74) is 4.27. The monoisotopic (exact) mass is 279 g/mol. The van der Waals surface area contributed by atoms with Crippen LogP contribution in [-0.4, -0.2) is 10.1 Å². The molecular weight excluding hydrogens is 258 g/mol. The molecule has 1 aromatic heterocycles. The molecule has 0 fully saturated rings. The molecular formula is C19H21NO. The Labute approximate surface area is 125 Å². The van der Waals surface area contributed by atoms with Crippen molar-refractivity contribution in [3.05, 3.63) is 71.4 Å². The minimum Gasteiger partial charge on any atom is -0.384 e. The molecule has 0 aliphatic rings. The average molecular weight is 279 g/mol. The number of rotatable bonds is 4. The fourth-order valence-corrected chi connectivity index (χ4v) is 2.84. The summed E-state index contributed by atoms with van der Waals surface area (Å²) in [5.74, 6) is 0.648. The minimum atomic E-state index is -0.586.